The molecule has 19 heteroatoms. The monoisotopic (exact) mass is 801 g/mol. The predicted octanol–water partition coefficient (Wildman–Crippen LogP) is 4.80. The molecular formula is C38H35ClF3N11O4. The van der Waals surface area contributed by atoms with Crippen LogP contribution in [0.15, 0.2) is 87.9 Å². The molecule has 0 spiro atoms. The number of carbonyl (C=O) groups is 2. The van der Waals surface area contributed by atoms with E-state index in [1.54, 1.807) is 54.2 Å². The van der Waals surface area contributed by atoms with Gasteiger partial charge in [-0.25, -0.2) is 19.9 Å². The van der Waals surface area contributed by atoms with Gasteiger partial charge in [0.1, 0.15) is 5.69 Å². The minimum atomic E-state index is -4.67. The number of hydrogen-bond acceptors (Lipinski definition) is 9. The third-order valence-electron chi connectivity index (χ3n) is 9.53. The Labute approximate surface area is 327 Å². The molecule has 0 radical (unpaired) electrons. The number of aromatic nitrogens is 7. The smallest absolute Gasteiger partial charge is 0.372 e. The largest absolute Gasteiger partial charge is 0.417 e. The first-order valence-electron chi connectivity index (χ1n) is 17.8. The number of aryl methyl sites for hydroxylation is 2. The van der Waals surface area contributed by atoms with Crippen molar-refractivity contribution in [3.8, 4) is 0 Å². The van der Waals surface area contributed by atoms with E-state index in [1.807, 2.05) is 6.07 Å². The molecule has 4 heterocycles. The minimum Gasteiger partial charge on any atom is -0.372 e. The molecule has 294 valence electrons. The standard InChI is InChI=1S/C38H35ClF3N11O4/c1-49-22-43-33-32(49)36(56)53(37(57)50(33)2)21-26-20-52(48-46-26)19-24-7-6-8-25(15-24)34(54)45-31-12-10-27(51-13-4-3-5-14-51)17-28(31)35(55)47-44-18-23-9-11-30(39)29(16-23)38(40,41)42/h6-12,15-18,20,22H,3-5,13-14,19,21H2,1-2H3,(H,45,54)(H,47,55)/b44-18-. The number of nitrogens with zero attached hydrogens (tertiary/aromatic N) is 9. The lowest BCUT2D eigenvalue weighted by molar-refractivity contribution is -0.137. The Bertz CT molecular complexity index is 2660. The zero-order valence-electron chi connectivity index (χ0n) is 30.6. The fourth-order valence-corrected chi connectivity index (χ4v) is 6.85. The molecule has 0 atom stereocenters. The zero-order valence-corrected chi connectivity index (χ0v) is 31.4. The third-order valence-corrected chi connectivity index (χ3v) is 9.86. The normalized spacial score (nSPS) is 13.4. The summed E-state index contributed by atoms with van der Waals surface area (Å²) in [6.07, 6.45) is 2.53. The summed E-state index contributed by atoms with van der Waals surface area (Å²) >= 11 is 5.73. The molecule has 1 aliphatic rings. The highest BCUT2D eigenvalue weighted by atomic mass is 35.5. The number of rotatable bonds is 10. The van der Waals surface area contributed by atoms with Crippen LogP contribution in [-0.4, -0.2) is 64.8 Å². The van der Waals surface area contributed by atoms with Crippen LogP contribution in [0, 0.1) is 0 Å². The molecular weight excluding hydrogens is 767 g/mol. The number of benzene rings is 3. The molecule has 0 aliphatic carbocycles. The van der Waals surface area contributed by atoms with Gasteiger partial charge in [-0.3, -0.25) is 23.5 Å². The van der Waals surface area contributed by atoms with Crippen LogP contribution >= 0.6 is 11.6 Å². The van der Waals surface area contributed by atoms with Crippen molar-refractivity contribution in [3.63, 3.8) is 0 Å². The SMILES string of the molecule is Cn1cnc2c1c(=O)n(Cc1cn(Cc3cccc(C(=O)Nc4ccc(N5CCCCC5)cc4C(=O)N/N=C\c4ccc(Cl)c(C(F)(F)F)c4)c3)nn1)c(=O)n2C. The maximum Gasteiger partial charge on any atom is 0.417 e. The Morgan fingerprint density at radius 2 is 1.75 bits per heavy atom. The molecule has 2 N–H and O–H groups in total. The van der Waals surface area contributed by atoms with Gasteiger partial charge in [0.2, 0.25) is 0 Å². The minimum absolute atomic E-state index is 0.0634. The van der Waals surface area contributed by atoms with Gasteiger partial charge in [0.15, 0.2) is 11.2 Å². The number of imidazole rings is 1. The van der Waals surface area contributed by atoms with Crippen LogP contribution in [0.5, 0.6) is 0 Å². The third kappa shape index (κ3) is 8.35. The average Bonchev–Trinajstić information content (AvgIpc) is 3.82. The van der Waals surface area contributed by atoms with Gasteiger partial charge in [-0.2, -0.15) is 18.3 Å². The van der Waals surface area contributed by atoms with Crippen molar-refractivity contribution in [1.82, 2.24) is 39.1 Å². The maximum absolute atomic E-state index is 13.6. The van der Waals surface area contributed by atoms with Crippen LogP contribution in [-0.2, 0) is 33.4 Å². The van der Waals surface area contributed by atoms with Crippen LogP contribution in [0.3, 0.4) is 0 Å². The van der Waals surface area contributed by atoms with Crippen LogP contribution in [0.25, 0.3) is 11.2 Å². The van der Waals surface area contributed by atoms with E-state index < -0.39 is 39.8 Å². The van der Waals surface area contributed by atoms with Crippen molar-refractivity contribution in [2.45, 2.75) is 38.5 Å². The fourth-order valence-electron chi connectivity index (χ4n) is 6.62. The Morgan fingerprint density at radius 3 is 2.53 bits per heavy atom. The van der Waals surface area contributed by atoms with Gasteiger partial charge in [-0.15, -0.1) is 5.10 Å². The fraction of sp³-hybridized carbons (Fsp3) is 0.263. The Hall–Kier alpha value is -6.56. The number of hydrazone groups is 1. The summed E-state index contributed by atoms with van der Waals surface area (Å²) in [5.74, 6) is -1.21. The first-order valence-corrected chi connectivity index (χ1v) is 18.1. The number of halogens is 4. The maximum atomic E-state index is 13.6. The van der Waals surface area contributed by atoms with Crippen molar-refractivity contribution in [1.29, 1.82) is 0 Å². The van der Waals surface area contributed by atoms with Gasteiger partial charge >= 0.3 is 11.9 Å². The number of nitrogens with one attached hydrogen (secondary N) is 2. The number of carbonyl (C=O) groups excluding carboxylic acids is 2. The van der Waals surface area contributed by atoms with E-state index >= 15 is 0 Å². The summed E-state index contributed by atoms with van der Waals surface area (Å²) < 4.78 is 45.5. The van der Waals surface area contributed by atoms with E-state index in [9.17, 15) is 32.3 Å². The van der Waals surface area contributed by atoms with E-state index in [0.29, 0.717) is 11.3 Å². The molecule has 3 aromatic heterocycles. The van der Waals surface area contributed by atoms with Crippen LogP contribution < -0.4 is 26.9 Å². The topological polar surface area (TPSA) is 166 Å². The number of fused-ring (bicyclic) bond motifs is 1. The second-order valence-corrected chi connectivity index (χ2v) is 13.9. The Balaban J connectivity index is 1.07. The number of hydrogen-bond donors (Lipinski definition) is 2. The first-order chi connectivity index (χ1) is 27.3. The van der Waals surface area contributed by atoms with Crippen LogP contribution in [0.4, 0.5) is 24.5 Å². The molecule has 0 unspecified atom stereocenters. The highest BCUT2D eigenvalue weighted by Crippen LogP contribution is 2.35. The van der Waals surface area contributed by atoms with Crippen LogP contribution in [0.2, 0.25) is 5.02 Å². The molecule has 0 saturated carbocycles. The average molecular weight is 802 g/mol. The summed E-state index contributed by atoms with van der Waals surface area (Å²) in [6.45, 7) is 1.67. The summed E-state index contributed by atoms with van der Waals surface area (Å²) in [5.41, 5.74) is 3.29. The number of amides is 2. The van der Waals surface area contributed by atoms with Gasteiger partial charge in [0.05, 0.1) is 53.7 Å². The molecule has 15 nitrogen and oxygen atoms in total. The van der Waals surface area contributed by atoms with Crippen molar-refractivity contribution in [2.75, 3.05) is 23.3 Å². The molecule has 3 aromatic carbocycles. The number of alkyl halides is 3. The molecule has 1 saturated heterocycles. The molecule has 2 amide bonds. The molecule has 1 aliphatic heterocycles. The summed E-state index contributed by atoms with van der Waals surface area (Å²) in [4.78, 5) is 59.5. The number of anilines is 2. The van der Waals surface area contributed by atoms with Gasteiger partial charge in [0.25, 0.3) is 17.4 Å². The summed E-state index contributed by atoms with van der Waals surface area (Å²) in [6, 6.07) is 15.1. The molecule has 7 rings (SSSR count). The van der Waals surface area contributed by atoms with Crippen molar-refractivity contribution < 1.29 is 22.8 Å². The van der Waals surface area contributed by atoms with Gasteiger partial charge in [-0.05, 0) is 72.9 Å². The lowest BCUT2D eigenvalue weighted by atomic mass is 10.1. The molecule has 57 heavy (non-hydrogen) atoms. The zero-order chi connectivity index (χ0) is 40.4. The van der Waals surface area contributed by atoms with Crippen molar-refractivity contribution in [3.05, 3.63) is 133 Å². The van der Waals surface area contributed by atoms with Crippen molar-refractivity contribution in [2.24, 2.45) is 19.2 Å². The quantitative estimate of drug-likeness (QED) is 0.147. The lowest BCUT2D eigenvalue weighted by Gasteiger charge is -2.29. The second kappa shape index (κ2) is 15.9. The predicted molar refractivity (Wildman–Crippen MR) is 207 cm³/mol. The number of piperidine rings is 1. The summed E-state index contributed by atoms with van der Waals surface area (Å²) in [5, 5.41) is 14.5. The highest BCUT2D eigenvalue weighted by Gasteiger charge is 2.33. The van der Waals surface area contributed by atoms with E-state index in [-0.39, 0.29) is 46.6 Å². The van der Waals surface area contributed by atoms with Gasteiger partial charge < -0.3 is 14.8 Å². The summed E-state index contributed by atoms with van der Waals surface area (Å²) in [7, 11) is 3.20. The van der Waals surface area contributed by atoms with Gasteiger partial charge in [0, 0.05) is 38.4 Å². The van der Waals surface area contributed by atoms with Crippen LogP contribution in [0.1, 0.15) is 62.4 Å². The van der Waals surface area contributed by atoms with E-state index in [1.165, 1.54) is 28.7 Å². The van der Waals surface area contributed by atoms with E-state index in [2.05, 4.69) is 36.0 Å². The Kier molecular flexibility index (Phi) is 10.8. The van der Waals surface area contributed by atoms with E-state index in [0.717, 1.165) is 61.0 Å². The highest BCUT2D eigenvalue weighted by molar-refractivity contribution is 6.31. The van der Waals surface area contributed by atoms with Gasteiger partial charge in [-0.1, -0.05) is 35.0 Å². The second-order valence-electron chi connectivity index (χ2n) is 13.5. The van der Waals surface area contributed by atoms with E-state index in [4.69, 9.17) is 11.6 Å². The Morgan fingerprint density at radius 1 is 0.965 bits per heavy atom. The molecule has 1 fully saturated rings. The lowest BCUT2D eigenvalue weighted by Crippen LogP contribution is -2.39. The van der Waals surface area contributed by atoms with Crippen molar-refractivity contribution >= 4 is 52.2 Å². The first kappa shape index (κ1) is 38.7. The molecule has 6 aromatic rings. The molecule has 0 bridgehead atoms.